The molecule has 4 rings (SSSR count). The predicted octanol–water partition coefficient (Wildman–Crippen LogP) is 2.74. The lowest BCUT2D eigenvalue weighted by atomic mass is 9.71. The number of nitrogens with zero attached hydrogens (tertiary/aromatic N) is 1. The summed E-state index contributed by atoms with van der Waals surface area (Å²) in [7, 11) is 0. The molecule has 186 valence electrons. The Labute approximate surface area is 213 Å². The minimum absolute atomic E-state index is 0.00185. The largest absolute Gasteiger partial charge is 0.466 e. The first-order valence-electron chi connectivity index (χ1n) is 12.0. The molecule has 7 nitrogen and oxygen atoms in total. The topological polar surface area (TPSA) is 95.9 Å². The zero-order chi connectivity index (χ0) is 24.6. The van der Waals surface area contributed by atoms with Crippen LogP contribution in [-0.4, -0.2) is 67.9 Å². The van der Waals surface area contributed by atoms with E-state index in [4.69, 9.17) is 4.74 Å². The van der Waals surface area contributed by atoms with E-state index in [-0.39, 0.29) is 47.0 Å². The lowest BCUT2D eigenvalue weighted by Gasteiger charge is -2.37. The first-order chi connectivity index (χ1) is 16.2. The Balaban J connectivity index is 1.71. The molecule has 3 aliphatic rings. The highest BCUT2D eigenvalue weighted by molar-refractivity contribution is 9.09. The molecule has 3 fully saturated rings. The van der Waals surface area contributed by atoms with Gasteiger partial charge < -0.3 is 20.1 Å². The Morgan fingerprint density at radius 2 is 2.03 bits per heavy atom. The van der Waals surface area contributed by atoms with E-state index in [9.17, 15) is 19.5 Å². The van der Waals surface area contributed by atoms with Crippen molar-refractivity contribution in [2.75, 3.05) is 13.2 Å². The smallest absolute Gasteiger partial charge is 0.310 e. The van der Waals surface area contributed by atoms with E-state index in [2.05, 4.69) is 21.2 Å². The van der Waals surface area contributed by atoms with Crippen molar-refractivity contribution in [3.63, 3.8) is 0 Å². The molecule has 0 radical (unpaired) electrons. The molecule has 0 aliphatic carbocycles. The number of alkyl halides is 1. The maximum atomic E-state index is 14.0. The number of rotatable bonds is 9. The van der Waals surface area contributed by atoms with Crippen molar-refractivity contribution in [3.8, 4) is 0 Å². The molecule has 0 saturated carbocycles. The summed E-state index contributed by atoms with van der Waals surface area (Å²) >= 11 is 5.31. The number of aliphatic hydroxyl groups excluding tert-OH is 1. The predicted molar refractivity (Wildman–Crippen MR) is 134 cm³/mol. The third-order valence-corrected chi connectivity index (χ3v) is 10.4. The van der Waals surface area contributed by atoms with E-state index < -0.39 is 28.7 Å². The fraction of sp³-hybridized carbons (Fsp3) is 0.640. The molecule has 2 amide bonds. The first-order valence-corrected chi connectivity index (χ1v) is 13.8. The second-order valence-electron chi connectivity index (χ2n) is 9.83. The molecule has 34 heavy (non-hydrogen) atoms. The standard InChI is InChI=1S/C25H33BrN2O5S/c1-4-33-24(32)18-19-23(31)28(16(13-29)10-14(2)3)21(25(19)11-17(26)20(18)34-25)22(30)27-12-15-8-6-5-7-9-15/h5-9,14,16-21,29H,4,10-13H2,1-3H3,(H,27,30)/t16-,17?,18-,19+,20-,21?,25?/m1/s1. The van der Waals surface area contributed by atoms with Gasteiger partial charge in [-0.25, -0.2) is 0 Å². The van der Waals surface area contributed by atoms with Crippen molar-refractivity contribution in [2.45, 2.75) is 67.1 Å². The van der Waals surface area contributed by atoms with Gasteiger partial charge in [0.1, 0.15) is 6.04 Å². The molecule has 3 aliphatic heterocycles. The summed E-state index contributed by atoms with van der Waals surface area (Å²) in [6.45, 7) is 6.18. The molecule has 1 aromatic carbocycles. The number of esters is 1. The number of carbonyl (C=O) groups is 3. The summed E-state index contributed by atoms with van der Waals surface area (Å²) in [5, 5.41) is 13.2. The zero-order valence-corrected chi connectivity index (χ0v) is 22.2. The Hall–Kier alpha value is -1.58. The first kappa shape index (κ1) is 25.5. The number of aliphatic hydroxyl groups is 1. The Bertz CT molecular complexity index is 931. The van der Waals surface area contributed by atoms with E-state index in [1.54, 1.807) is 23.6 Å². The van der Waals surface area contributed by atoms with E-state index >= 15 is 0 Å². The monoisotopic (exact) mass is 552 g/mol. The van der Waals surface area contributed by atoms with E-state index in [0.29, 0.717) is 19.4 Å². The van der Waals surface area contributed by atoms with E-state index in [0.717, 1.165) is 5.56 Å². The normalized spacial score (nSPS) is 32.7. The van der Waals surface area contributed by atoms with Crippen LogP contribution in [0.15, 0.2) is 30.3 Å². The number of ether oxygens (including phenoxy) is 1. The van der Waals surface area contributed by atoms with E-state index in [1.807, 2.05) is 44.2 Å². The summed E-state index contributed by atoms with van der Waals surface area (Å²) in [5.74, 6) is -1.84. The van der Waals surface area contributed by atoms with Crippen LogP contribution in [0.25, 0.3) is 0 Å². The fourth-order valence-corrected chi connectivity index (χ4v) is 9.56. The van der Waals surface area contributed by atoms with Gasteiger partial charge in [-0.05, 0) is 31.2 Å². The fourth-order valence-electron chi connectivity index (χ4n) is 5.97. The highest BCUT2D eigenvalue weighted by Crippen LogP contribution is 2.68. The Morgan fingerprint density at radius 1 is 1.32 bits per heavy atom. The summed E-state index contributed by atoms with van der Waals surface area (Å²) in [5.41, 5.74) is 0.966. The van der Waals surface area contributed by atoms with E-state index in [1.165, 1.54) is 0 Å². The molecule has 3 saturated heterocycles. The molecule has 1 spiro atoms. The summed E-state index contributed by atoms with van der Waals surface area (Å²) < 4.78 is 4.64. The maximum Gasteiger partial charge on any atom is 0.310 e. The zero-order valence-electron chi connectivity index (χ0n) is 19.8. The van der Waals surface area contributed by atoms with Crippen molar-refractivity contribution in [3.05, 3.63) is 35.9 Å². The van der Waals surface area contributed by atoms with Gasteiger partial charge in [-0.1, -0.05) is 60.1 Å². The molecule has 2 N–H and O–H groups in total. The minimum Gasteiger partial charge on any atom is -0.466 e. The van der Waals surface area contributed by atoms with Crippen molar-refractivity contribution in [1.29, 1.82) is 0 Å². The van der Waals surface area contributed by atoms with Crippen LogP contribution in [0.4, 0.5) is 0 Å². The Kier molecular flexibility index (Phi) is 7.64. The summed E-state index contributed by atoms with van der Waals surface area (Å²) in [6.07, 6.45) is 1.18. The molecule has 9 heteroatoms. The lowest BCUT2D eigenvalue weighted by molar-refractivity contribution is -0.154. The van der Waals surface area contributed by atoms with Crippen LogP contribution in [-0.2, 0) is 25.7 Å². The number of likely N-dealkylation sites (tertiary alicyclic amines) is 1. The Morgan fingerprint density at radius 3 is 2.65 bits per heavy atom. The highest BCUT2D eigenvalue weighted by Gasteiger charge is 2.76. The molecule has 1 aromatic rings. The van der Waals surface area contributed by atoms with Crippen LogP contribution in [0, 0.1) is 17.8 Å². The van der Waals surface area contributed by atoms with Gasteiger partial charge in [-0.2, -0.15) is 0 Å². The van der Waals surface area contributed by atoms with Crippen LogP contribution in [0.3, 0.4) is 0 Å². The van der Waals surface area contributed by atoms with Crippen molar-refractivity contribution in [2.24, 2.45) is 17.8 Å². The van der Waals surface area contributed by atoms with Gasteiger partial charge >= 0.3 is 5.97 Å². The highest BCUT2D eigenvalue weighted by atomic mass is 79.9. The van der Waals surface area contributed by atoms with Crippen LogP contribution in [0.2, 0.25) is 0 Å². The number of benzene rings is 1. The van der Waals surface area contributed by atoms with Crippen LogP contribution in [0.1, 0.15) is 39.2 Å². The third kappa shape index (κ3) is 4.28. The SMILES string of the molecule is CCOC(=O)[C@H]1[C@@H]2SC3(CC2Br)C(C(=O)NCc2ccccc2)N([C@@H](CO)CC(C)C)C(=O)[C@H]13. The number of hydrogen-bond donors (Lipinski definition) is 2. The van der Waals surface area contributed by atoms with Crippen LogP contribution < -0.4 is 5.32 Å². The number of nitrogens with one attached hydrogen (secondary N) is 1. The average Bonchev–Trinajstić information content (AvgIpc) is 3.40. The van der Waals surface area contributed by atoms with Crippen molar-refractivity contribution < 1.29 is 24.2 Å². The molecule has 3 heterocycles. The van der Waals surface area contributed by atoms with Gasteiger partial charge in [0, 0.05) is 16.6 Å². The molecule has 0 aromatic heterocycles. The van der Waals surface area contributed by atoms with Gasteiger partial charge in [0.25, 0.3) is 0 Å². The number of amides is 2. The maximum absolute atomic E-state index is 14.0. The number of carbonyl (C=O) groups excluding carboxylic acids is 3. The van der Waals surface area contributed by atoms with Gasteiger partial charge in [0.2, 0.25) is 11.8 Å². The molecule has 2 bridgehead atoms. The molecule has 7 atom stereocenters. The minimum atomic E-state index is -0.765. The molecular weight excluding hydrogens is 520 g/mol. The van der Waals surface area contributed by atoms with Gasteiger partial charge in [-0.15, -0.1) is 11.8 Å². The summed E-state index contributed by atoms with van der Waals surface area (Å²) in [4.78, 5) is 42.4. The average molecular weight is 554 g/mol. The summed E-state index contributed by atoms with van der Waals surface area (Å²) in [6, 6.07) is 8.38. The third-order valence-electron chi connectivity index (χ3n) is 7.19. The quantitative estimate of drug-likeness (QED) is 0.361. The molecular formula is C25H33BrN2O5S. The second kappa shape index (κ2) is 10.2. The number of hydrogen-bond acceptors (Lipinski definition) is 6. The number of thioether (sulfide) groups is 1. The van der Waals surface area contributed by atoms with Crippen LogP contribution in [0.5, 0.6) is 0 Å². The molecule has 3 unspecified atom stereocenters. The number of fused-ring (bicyclic) bond motifs is 1. The number of halogens is 1. The van der Waals surface area contributed by atoms with Gasteiger partial charge in [0.15, 0.2) is 0 Å². The van der Waals surface area contributed by atoms with Crippen molar-refractivity contribution in [1.82, 2.24) is 10.2 Å². The van der Waals surface area contributed by atoms with Crippen LogP contribution >= 0.6 is 27.7 Å². The van der Waals surface area contributed by atoms with Gasteiger partial charge in [0.05, 0.1) is 35.8 Å². The second-order valence-corrected chi connectivity index (χ2v) is 12.5. The lowest BCUT2D eigenvalue weighted by Crippen LogP contribution is -2.57. The van der Waals surface area contributed by atoms with Gasteiger partial charge in [-0.3, -0.25) is 14.4 Å². The van der Waals surface area contributed by atoms with Crippen molar-refractivity contribution >= 4 is 45.5 Å².